The summed E-state index contributed by atoms with van der Waals surface area (Å²) in [5.41, 5.74) is 1.69. The number of aryl methyl sites for hydroxylation is 1. The Morgan fingerprint density at radius 2 is 1.79 bits per heavy atom. The SMILES string of the molecule is COCCN(CC(=O)N(CCc1ccccc1)Cc1ccc(C)o1)C(=O)Nc1cccc(Cl)c1. The minimum Gasteiger partial charge on any atom is -0.464 e. The van der Waals surface area contributed by atoms with Gasteiger partial charge in [0.15, 0.2) is 0 Å². The summed E-state index contributed by atoms with van der Waals surface area (Å²) in [4.78, 5) is 29.5. The van der Waals surface area contributed by atoms with Crippen molar-refractivity contribution in [3.8, 4) is 0 Å². The van der Waals surface area contributed by atoms with Crippen molar-refractivity contribution in [3.63, 3.8) is 0 Å². The van der Waals surface area contributed by atoms with Crippen LogP contribution in [0.1, 0.15) is 17.1 Å². The van der Waals surface area contributed by atoms with E-state index in [1.165, 1.54) is 4.90 Å². The molecule has 34 heavy (non-hydrogen) atoms. The second kappa shape index (κ2) is 12.8. The van der Waals surface area contributed by atoms with E-state index in [0.29, 0.717) is 42.6 Å². The monoisotopic (exact) mass is 483 g/mol. The van der Waals surface area contributed by atoms with Gasteiger partial charge in [0.2, 0.25) is 5.91 Å². The molecule has 0 saturated heterocycles. The Morgan fingerprint density at radius 1 is 1.00 bits per heavy atom. The summed E-state index contributed by atoms with van der Waals surface area (Å²) in [5, 5.41) is 3.32. The fourth-order valence-electron chi connectivity index (χ4n) is 3.44. The Balaban J connectivity index is 1.71. The van der Waals surface area contributed by atoms with Gasteiger partial charge in [0, 0.05) is 30.9 Å². The molecule has 180 valence electrons. The van der Waals surface area contributed by atoms with Gasteiger partial charge in [-0.1, -0.05) is 48.0 Å². The van der Waals surface area contributed by atoms with E-state index in [2.05, 4.69) is 5.32 Å². The first-order valence-corrected chi connectivity index (χ1v) is 11.5. The number of amides is 3. The van der Waals surface area contributed by atoms with Crippen LogP contribution in [-0.4, -0.2) is 55.1 Å². The molecule has 2 aromatic carbocycles. The van der Waals surface area contributed by atoms with E-state index in [1.54, 1.807) is 36.3 Å². The molecule has 0 radical (unpaired) electrons. The first-order valence-electron chi connectivity index (χ1n) is 11.1. The molecule has 3 amide bonds. The lowest BCUT2D eigenvalue weighted by molar-refractivity contribution is -0.132. The molecule has 1 heterocycles. The van der Waals surface area contributed by atoms with Crippen molar-refractivity contribution >= 4 is 29.2 Å². The molecule has 0 saturated carbocycles. The van der Waals surface area contributed by atoms with E-state index < -0.39 is 6.03 Å². The van der Waals surface area contributed by atoms with Crippen molar-refractivity contribution < 1.29 is 18.7 Å². The van der Waals surface area contributed by atoms with Crippen molar-refractivity contribution in [2.24, 2.45) is 0 Å². The third-order valence-electron chi connectivity index (χ3n) is 5.26. The van der Waals surface area contributed by atoms with Crippen LogP contribution in [0, 0.1) is 6.92 Å². The molecule has 0 aliphatic heterocycles. The number of anilines is 1. The normalized spacial score (nSPS) is 10.7. The Hall–Kier alpha value is -3.29. The maximum absolute atomic E-state index is 13.4. The maximum atomic E-state index is 13.4. The van der Waals surface area contributed by atoms with E-state index in [0.717, 1.165) is 11.3 Å². The van der Waals surface area contributed by atoms with Gasteiger partial charge >= 0.3 is 6.03 Å². The van der Waals surface area contributed by atoms with E-state index in [-0.39, 0.29) is 19.0 Å². The molecule has 0 aliphatic rings. The second-order valence-corrected chi connectivity index (χ2v) is 8.35. The Morgan fingerprint density at radius 3 is 2.47 bits per heavy atom. The number of carbonyl (C=O) groups excluding carboxylic acids is 2. The van der Waals surface area contributed by atoms with Gasteiger partial charge in [0.05, 0.1) is 13.2 Å². The Labute approximate surface area is 205 Å². The summed E-state index contributed by atoms with van der Waals surface area (Å²) in [6.45, 7) is 3.17. The van der Waals surface area contributed by atoms with Crippen molar-refractivity contribution in [3.05, 3.63) is 88.8 Å². The van der Waals surface area contributed by atoms with Gasteiger partial charge in [-0.2, -0.15) is 0 Å². The van der Waals surface area contributed by atoms with Crippen LogP contribution in [0.15, 0.2) is 71.1 Å². The quantitative estimate of drug-likeness (QED) is 0.416. The molecule has 0 fully saturated rings. The fraction of sp³-hybridized carbons (Fsp3) is 0.308. The third kappa shape index (κ3) is 7.93. The lowest BCUT2D eigenvalue weighted by Crippen LogP contribution is -2.46. The number of ether oxygens (including phenoxy) is 1. The van der Waals surface area contributed by atoms with E-state index >= 15 is 0 Å². The molecular formula is C26H30ClN3O4. The smallest absolute Gasteiger partial charge is 0.322 e. The average molecular weight is 484 g/mol. The molecule has 0 unspecified atom stereocenters. The molecule has 0 spiro atoms. The molecule has 8 heteroatoms. The number of nitrogens with one attached hydrogen (secondary N) is 1. The minimum atomic E-state index is -0.399. The first-order chi connectivity index (χ1) is 16.4. The van der Waals surface area contributed by atoms with E-state index in [4.69, 9.17) is 20.8 Å². The van der Waals surface area contributed by atoms with E-state index in [1.807, 2.05) is 49.4 Å². The van der Waals surface area contributed by atoms with Gasteiger partial charge in [-0.25, -0.2) is 4.79 Å². The highest BCUT2D eigenvalue weighted by molar-refractivity contribution is 6.30. The Bertz CT molecular complexity index is 1070. The van der Waals surface area contributed by atoms with Crippen LogP contribution in [0.3, 0.4) is 0 Å². The van der Waals surface area contributed by atoms with Crippen molar-refractivity contribution in [1.82, 2.24) is 9.80 Å². The standard InChI is InChI=1S/C26H30ClN3O4/c1-20-11-12-24(34-20)18-29(14-13-21-7-4-3-5-8-21)25(31)19-30(15-16-33-2)26(32)28-23-10-6-9-22(27)17-23/h3-12,17H,13-16,18-19H2,1-2H3,(H,28,32). The van der Waals surface area contributed by atoms with Gasteiger partial charge in [0.25, 0.3) is 0 Å². The van der Waals surface area contributed by atoms with Crippen LogP contribution in [0.5, 0.6) is 0 Å². The highest BCUT2D eigenvalue weighted by atomic mass is 35.5. The minimum absolute atomic E-state index is 0.0930. The van der Waals surface area contributed by atoms with Crippen LogP contribution >= 0.6 is 11.6 Å². The molecule has 3 aromatic rings. The number of nitrogens with zero attached hydrogens (tertiary/aromatic N) is 2. The van der Waals surface area contributed by atoms with Crippen LogP contribution in [0.2, 0.25) is 5.02 Å². The number of methoxy groups -OCH3 is 1. The number of rotatable bonds is 11. The van der Waals surface area contributed by atoms with Gasteiger partial charge < -0.3 is 24.3 Å². The average Bonchev–Trinajstić information content (AvgIpc) is 3.24. The zero-order valence-electron chi connectivity index (χ0n) is 19.5. The van der Waals surface area contributed by atoms with Gasteiger partial charge in [-0.05, 0) is 49.2 Å². The predicted octanol–water partition coefficient (Wildman–Crippen LogP) is 4.99. The Kier molecular flexibility index (Phi) is 9.55. The predicted molar refractivity (Wildman–Crippen MR) is 133 cm³/mol. The number of benzene rings is 2. The van der Waals surface area contributed by atoms with Crippen molar-refractivity contribution in [2.45, 2.75) is 19.9 Å². The fourth-order valence-corrected chi connectivity index (χ4v) is 3.64. The summed E-state index contributed by atoms with van der Waals surface area (Å²) >= 11 is 6.03. The summed E-state index contributed by atoms with van der Waals surface area (Å²) < 4.78 is 10.9. The highest BCUT2D eigenvalue weighted by Crippen LogP contribution is 2.16. The molecular weight excluding hydrogens is 454 g/mol. The third-order valence-corrected chi connectivity index (χ3v) is 5.50. The summed E-state index contributed by atoms with van der Waals surface area (Å²) in [6.07, 6.45) is 0.694. The number of hydrogen-bond acceptors (Lipinski definition) is 4. The zero-order chi connectivity index (χ0) is 24.3. The van der Waals surface area contributed by atoms with Crippen LogP contribution in [-0.2, 0) is 22.5 Å². The van der Waals surface area contributed by atoms with Crippen molar-refractivity contribution in [1.29, 1.82) is 0 Å². The molecule has 3 rings (SSSR count). The molecule has 0 atom stereocenters. The van der Waals surface area contributed by atoms with Crippen LogP contribution in [0.4, 0.5) is 10.5 Å². The molecule has 1 aromatic heterocycles. The molecule has 7 nitrogen and oxygen atoms in total. The van der Waals surface area contributed by atoms with Gasteiger partial charge in [-0.15, -0.1) is 0 Å². The summed E-state index contributed by atoms with van der Waals surface area (Å²) in [6, 6.07) is 20.2. The lowest BCUT2D eigenvalue weighted by Gasteiger charge is -2.27. The van der Waals surface area contributed by atoms with Crippen LogP contribution in [0.25, 0.3) is 0 Å². The summed E-state index contributed by atoms with van der Waals surface area (Å²) in [7, 11) is 1.56. The number of furan rings is 1. The lowest BCUT2D eigenvalue weighted by atomic mass is 10.1. The number of hydrogen-bond donors (Lipinski definition) is 1. The van der Waals surface area contributed by atoms with Crippen molar-refractivity contribution in [2.75, 3.05) is 38.7 Å². The van der Waals surface area contributed by atoms with Gasteiger partial charge in [-0.3, -0.25) is 4.79 Å². The highest BCUT2D eigenvalue weighted by Gasteiger charge is 2.22. The molecule has 0 bridgehead atoms. The zero-order valence-corrected chi connectivity index (χ0v) is 20.3. The number of urea groups is 1. The molecule has 1 N–H and O–H groups in total. The maximum Gasteiger partial charge on any atom is 0.322 e. The largest absolute Gasteiger partial charge is 0.464 e. The topological polar surface area (TPSA) is 75.0 Å². The van der Waals surface area contributed by atoms with Gasteiger partial charge in [0.1, 0.15) is 18.1 Å². The number of halogens is 1. The van der Waals surface area contributed by atoms with Crippen LogP contribution < -0.4 is 5.32 Å². The summed E-state index contributed by atoms with van der Waals surface area (Å²) in [5.74, 6) is 1.31. The second-order valence-electron chi connectivity index (χ2n) is 7.92. The van der Waals surface area contributed by atoms with E-state index in [9.17, 15) is 9.59 Å². The first kappa shape index (κ1) is 25.3. The number of carbonyl (C=O) groups is 2. The molecule has 0 aliphatic carbocycles.